The molecule has 1 aromatic carbocycles. The molecular weight excluding hydrogens is 270 g/mol. The largest absolute Gasteiger partial charge is 0.383 e. The van der Waals surface area contributed by atoms with Gasteiger partial charge in [0.15, 0.2) is 0 Å². The predicted octanol–water partition coefficient (Wildman–Crippen LogP) is 4.09. The van der Waals surface area contributed by atoms with Gasteiger partial charge in [0, 0.05) is 25.2 Å². The molecule has 0 bridgehead atoms. The van der Waals surface area contributed by atoms with Crippen LogP contribution in [-0.4, -0.2) is 26.8 Å². The van der Waals surface area contributed by atoms with Crippen LogP contribution in [0, 0.1) is 18.3 Å². The van der Waals surface area contributed by atoms with E-state index in [4.69, 9.17) is 16.3 Å². The Bertz CT molecular complexity index is 419. The van der Waals surface area contributed by atoms with E-state index in [0.29, 0.717) is 5.92 Å². The molecule has 114 valence electrons. The van der Waals surface area contributed by atoms with Crippen LogP contribution < -0.4 is 5.32 Å². The number of ether oxygens (including phenoxy) is 1. The summed E-state index contributed by atoms with van der Waals surface area (Å²) < 4.78 is 5.08. The molecule has 0 amide bonds. The molecule has 1 unspecified atom stereocenters. The van der Waals surface area contributed by atoms with Gasteiger partial charge < -0.3 is 10.1 Å². The molecular formula is C17H28ClNO. The van der Waals surface area contributed by atoms with Gasteiger partial charge in [0.25, 0.3) is 0 Å². The van der Waals surface area contributed by atoms with E-state index in [2.05, 4.69) is 51.2 Å². The van der Waals surface area contributed by atoms with Crippen molar-refractivity contribution in [3.05, 3.63) is 34.3 Å². The van der Waals surface area contributed by atoms with Crippen LogP contribution in [0.4, 0.5) is 0 Å². The van der Waals surface area contributed by atoms with E-state index in [1.54, 1.807) is 7.11 Å². The average molecular weight is 298 g/mol. The summed E-state index contributed by atoms with van der Waals surface area (Å²) in [6, 6.07) is 6.35. The molecule has 1 aromatic rings. The van der Waals surface area contributed by atoms with Crippen LogP contribution in [0.3, 0.4) is 0 Å². The maximum Gasteiger partial charge on any atom is 0.0587 e. The van der Waals surface area contributed by atoms with Crippen molar-refractivity contribution in [2.24, 2.45) is 11.3 Å². The molecule has 0 spiro atoms. The van der Waals surface area contributed by atoms with Crippen molar-refractivity contribution >= 4 is 11.6 Å². The molecule has 0 aliphatic rings. The van der Waals surface area contributed by atoms with Crippen LogP contribution in [-0.2, 0) is 11.2 Å². The highest BCUT2D eigenvalue weighted by Gasteiger charge is 2.29. The second-order valence-electron chi connectivity index (χ2n) is 6.25. The maximum absolute atomic E-state index is 6.38. The lowest BCUT2D eigenvalue weighted by molar-refractivity contribution is 0.175. The Kier molecular flexibility index (Phi) is 7.01. The molecule has 0 fully saturated rings. The van der Waals surface area contributed by atoms with Crippen molar-refractivity contribution in [3.63, 3.8) is 0 Å². The zero-order chi connectivity index (χ0) is 15.2. The Morgan fingerprint density at radius 3 is 2.60 bits per heavy atom. The molecule has 0 saturated heterocycles. The summed E-state index contributed by atoms with van der Waals surface area (Å²) in [6.07, 6.45) is 0.990. The third-order valence-corrected chi connectivity index (χ3v) is 4.56. The molecule has 1 N–H and O–H groups in total. The fraction of sp³-hybridized carbons (Fsp3) is 0.647. The molecule has 20 heavy (non-hydrogen) atoms. The minimum atomic E-state index is 0.187. The zero-order valence-electron chi connectivity index (χ0n) is 13.4. The monoisotopic (exact) mass is 297 g/mol. The van der Waals surface area contributed by atoms with Crippen LogP contribution in [0.25, 0.3) is 0 Å². The minimum Gasteiger partial charge on any atom is -0.383 e. The van der Waals surface area contributed by atoms with Gasteiger partial charge in [0.2, 0.25) is 0 Å². The molecule has 2 nitrogen and oxygen atoms in total. The molecule has 1 atom stereocenters. The van der Waals surface area contributed by atoms with Gasteiger partial charge >= 0.3 is 0 Å². The Balaban J connectivity index is 2.74. The number of rotatable bonds is 8. The molecule has 0 aliphatic carbocycles. The average Bonchev–Trinajstić information content (AvgIpc) is 2.38. The Hall–Kier alpha value is -0.570. The van der Waals surface area contributed by atoms with Gasteiger partial charge in [-0.2, -0.15) is 0 Å². The van der Waals surface area contributed by atoms with E-state index >= 15 is 0 Å². The third kappa shape index (κ3) is 5.08. The second-order valence-corrected chi connectivity index (χ2v) is 6.66. The van der Waals surface area contributed by atoms with Crippen LogP contribution in [0.2, 0.25) is 5.02 Å². The number of hydrogen-bond acceptors (Lipinski definition) is 2. The van der Waals surface area contributed by atoms with Gasteiger partial charge in [-0.3, -0.25) is 0 Å². The first-order valence-corrected chi connectivity index (χ1v) is 7.71. The van der Waals surface area contributed by atoms with Gasteiger partial charge in [-0.1, -0.05) is 44.5 Å². The highest BCUT2D eigenvalue weighted by molar-refractivity contribution is 6.31. The van der Waals surface area contributed by atoms with Crippen molar-refractivity contribution < 1.29 is 4.74 Å². The first-order valence-electron chi connectivity index (χ1n) is 7.34. The SMILES string of the molecule is COCCNCC(C)(Cc1ccc(C)cc1Cl)C(C)C. The van der Waals surface area contributed by atoms with Crippen molar-refractivity contribution in [2.75, 3.05) is 26.8 Å². The van der Waals surface area contributed by atoms with Gasteiger partial charge in [-0.25, -0.2) is 0 Å². The van der Waals surface area contributed by atoms with E-state index in [-0.39, 0.29) is 5.41 Å². The topological polar surface area (TPSA) is 21.3 Å². The quantitative estimate of drug-likeness (QED) is 0.730. The Morgan fingerprint density at radius 1 is 1.35 bits per heavy atom. The van der Waals surface area contributed by atoms with Crippen molar-refractivity contribution in [2.45, 2.75) is 34.1 Å². The summed E-state index contributed by atoms with van der Waals surface area (Å²) in [5.41, 5.74) is 2.64. The second kappa shape index (κ2) is 8.02. The molecule has 0 aromatic heterocycles. The van der Waals surface area contributed by atoms with Crippen LogP contribution in [0.1, 0.15) is 31.9 Å². The molecule has 0 heterocycles. The standard InChI is InChI=1S/C17H28ClNO/c1-13(2)17(4,12-19-8-9-20-5)11-15-7-6-14(3)10-16(15)18/h6-7,10,13,19H,8-9,11-12H2,1-5H3. The van der Waals surface area contributed by atoms with Gasteiger partial charge in [-0.15, -0.1) is 0 Å². The highest BCUT2D eigenvalue weighted by atomic mass is 35.5. The lowest BCUT2D eigenvalue weighted by atomic mass is 9.74. The third-order valence-electron chi connectivity index (χ3n) is 4.21. The van der Waals surface area contributed by atoms with Crippen molar-refractivity contribution in [1.29, 1.82) is 0 Å². The van der Waals surface area contributed by atoms with Crippen LogP contribution in [0.15, 0.2) is 18.2 Å². The first kappa shape index (κ1) is 17.5. The molecule has 0 aliphatic heterocycles. The molecule has 0 radical (unpaired) electrons. The molecule has 1 rings (SSSR count). The summed E-state index contributed by atoms with van der Waals surface area (Å²) in [5, 5.41) is 4.37. The minimum absolute atomic E-state index is 0.187. The van der Waals surface area contributed by atoms with Crippen LogP contribution in [0.5, 0.6) is 0 Å². The summed E-state index contributed by atoms with van der Waals surface area (Å²) in [7, 11) is 1.73. The summed E-state index contributed by atoms with van der Waals surface area (Å²) >= 11 is 6.38. The summed E-state index contributed by atoms with van der Waals surface area (Å²) in [5.74, 6) is 0.579. The normalized spacial score (nSPS) is 14.6. The smallest absolute Gasteiger partial charge is 0.0587 e. The van der Waals surface area contributed by atoms with Crippen molar-refractivity contribution in [3.8, 4) is 0 Å². The number of halogens is 1. The fourth-order valence-corrected chi connectivity index (χ4v) is 2.55. The lowest BCUT2D eigenvalue weighted by Crippen LogP contribution is -2.39. The van der Waals surface area contributed by atoms with E-state index in [1.807, 2.05) is 0 Å². The lowest BCUT2D eigenvalue weighted by Gasteiger charge is -2.35. The molecule has 0 saturated carbocycles. The number of methoxy groups -OCH3 is 1. The van der Waals surface area contributed by atoms with Gasteiger partial charge in [0.1, 0.15) is 0 Å². The maximum atomic E-state index is 6.38. The Labute approximate surface area is 128 Å². The van der Waals surface area contributed by atoms with E-state index in [9.17, 15) is 0 Å². The van der Waals surface area contributed by atoms with E-state index < -0.39 is 0 Å². The predicted molar refractivity (Wildman–Crippen MR) is 87.6 cm³/mol. The summed E-state index contributed by atoms with van der Waals surface area (Å²) in [6.45, 7) is 11.6. The van der Waals surface area contributed by atoms with E-state index in [0.717, 1.165) is 31.1 Å². The van der Waals surface area contributed by atoms with E-state index in [1.165, 1.54) is 11.1 Å². The highest BCUT2D eigenvalue weighted by Crippen LogP contribution is 2.33. The number of aryl methyl sites for hydroxylation is 1. The van der Waals surface area contributed by atoms with Gasteiger partial charge in [0.05, 0.1) is 6.61 Å². The summed E-state index contributed by atoms with van der Waals surface area (Å²) in [4.78, 5) is 0. The number of benzene rings is 1. The van der Waals surface area contributed by atoms with Crippen molar-refractivity contribution in [1.82, 2.24) is 5.32 Å². The zero-order valence-corrected chi connectivity index (χ0v) is 14.2. The first-order chi connectivity index (χ1) is 9.39. The fourth-order valence-electron chi connectivity index (χ4n) is 2.25. The Morgan fingerprint density at radius 2 is 2.05 bits per heavy atom. The molecule has 3 heteroatoms. The van der Waals surface area contributed by atoms with Gasteiger partial charge in [-0.05, 0) is 41.9 Å². The van der Waals surface area contributed by atoms with Crippen LogP contribution >= 0.6 is 11.6 Å². The number of nitrogens with one attached hydrogen (secondary N) is 1. The number of hydrogen-bond donors (Lipinski definition) is 1.